The molecule has 0 amide bonds. The minimum Gasteiger partial charge on any atom is -0.358 e. The molecule has 0 aliphatic carbocycles. The first-order chi connectivity index (χ1) is 8.96. The summed E-state index contributed by atoms with van der Waals surface area (Å²) in [6, 6.07) is 3.94. The van der Waals surface area contributed by atoms with Crippen molar-refractivity contribution in [3.05, 3.63) is 24.5 Å². The van der Waals surface area contributed by atoms with Gasteiger partial charge in [0.25, 0.3) is 0 Å². The Morgan fingerprint density at radius 3 is 2.63 bits per heavy atom. The van der Waals surface area contributed by atoms with Gasteiger partial charge in [-0.25, -0.2) is 9.97 Å². The number of nitrogens with one attached hydrogen (secondary N) is 1. The first kappa shape index (κ1) is 13.7. The topological polar surface area (TPSA) is 53.9 Å². The molecule has 2 aromatic rings. The summed E-state index contributed by atoms with van der Waals surface area (Å²) >= 11 is 0. The van der Waals surface area contributed by atoms with E-state index in [1.807, 2.05) is 19.2 Å². The summed E-state index contributed by atoms with van der Waals surface area (Å²) in [5.74, 6) is 0.920. The van der Waals surface area contributed by atoms with Crippen molar-refractivity contribution in [2.24, 2.45) is 0 Å². The van der Waals surface area contributed by atoms with Gasteiger partial charge < -0.3 is 10.2 Å². The number of fused-ring (bicyclic) bond motifs is 1. The number of rotatable bonds is 4. The average Bonchev–Trinajstić information content (AvgIpc) is 2.36. The van der Waals surface area contributed by atoms with Crippen LogP contribution in [0.2, 0.25) is 0 Å². The van der Waals surface area contributed by atoms with Crippen molar-refractivity contribution in [3.8, 4) is 0 Å². The maximum absolute atomic E-state index is 4.51. The van der Waals surface area contributed by atoms with Crippen LogP contribution in [0.3, 0.4) is 0 Å². The Morgan fingerprint density at radius 1 is 1.16 bits per heavy atom. The van der Waals surface area contributed by atoms with Gasteiger partial charge in [0, 0.05) is 38.1 Å². The molecule has 1 N–H and O–H groups in total. The largest absolute Gasteiger partial charge is 0.358 e. The first-order valence-electron chi connectivity index (χ1n) is 6.50. The predicted molar refractivity (Wildman–Crippen MR) is 78.4 cm³/mol. The normalized spacial score (nSPS) is 11.8. The smallest absolute Gasteiger partial charge is 0.180 e. The summed E-state index contributed by atoms with van der Waals surface area (Å²) in [5, 5.41) is 3.46. The van der Waals surface area contributed by atoms with Crippen molar-refractivity contribution in [1.29, 1.82) is 0 Å². The van der Waals surface area contributed by atoms with Crippen LogP contribution in [-0.4, -0.2) is 40.6 Å². The molecule has 5 heteroatoms. The monoisotopic (exact) mass is 259 g/mol. The van der Waals surface area contributed by atoms with Crippen LogP contribution in [0.15, 0.2) is 24.5 Å². The van der Waals surface area contributed by atoms with Crippen LogP contribution in [-0.2, 0) is 0 Å². The van der Waals surface area contributed by atoms with Gasteiger partial charge >= 0.3 is 0 Å². The molecule has 0 aliphatic rings. The number of pyridine rings is 1. The first-order valence-corrected chi connectivity index (χ1v) is 6.50. The third kappa shape index (κ3) is 3.86. The number of hydrogen-bond donors (Lipinski definition) is 1. The summed E-state index contributed by atoms with van der Waals surface area (Å²) in [5.41, 5.74) is 1.66. The van der Waals surface area contributed by atoms with Gasteiger partial charge in [-0.05, 0) is 32.9 Å². The fourth-order valence-electron chi connectivity index (χ4n) is 1.77. The number of likely N-dealkylation sites (N-methyl/N-ethyl adjacent to an activating group) is 1. The Balaban J connectivity index is 2.03. The molecule has 2 heterocycles. The van der Waals surface area contributed by atoms with Crippen LogP contribution in [0.5, 0.6) is 0 Å². The van der Waals surface area contributed by atoms with Gasteiger partial charge in [-0.2, -0.15) is 0 Å². The van der Waals surface area contributed by atoms with Crippen molar-refractivity contribution in [1.82, 2.24) is 20.3 Å². The fourth-order valence-corrected chi connectivity index (χ4v) is 1.77. The molecule has 0 bridgehead atoms. The van der Waals surface area contributed by atoms with Crippen molar-refractivity contribution >= 4 is 17.0 Å². The van der Waals surface area contributed by atoms with E-state index in [4.69, 9.17) is 0 Å². The standard InChI is InChI=1S/C14H21N5/c1-14(2,3)17-9-10-19(4)12-6-5-11-13(18-12)16-8-7-15-11/h5-8,17H,9-10H2,1-4H3. The van der Waals surface area contributed by atoms with Crippen molar-refractivity contribution in [2.75, 3.05) is 25.0 Å². The van der Waals surface area contributed by atoms with E-state index in [0.29, 0.717) is 5.65 Å². The van der Waals surface area contributed by atoms with E-state index in [9.17, 15) is 0 Å². The van der Waals surface area contributed by atoms with Gasteiger partial charge in [0.15, 0.2) is 5.65 Å². The average molecular weight is 259 g/mol. The van der Waals surface area contributed by atoms with Crippen LogP contribution in [0, 0.1) is 0 Å². The number of hydrogen-bond acceptors (Lipinski definition) is 5. The van der Waals surface area contributed by atoms with Crippen LogP contribution in [0.25, 0.3) is 11.2 Å². The van der Waals surface area contributed by atoms with Crippen LogP contribution in [0.4, 0.5) is 5.82 Å². The maximum atomic E-state index is 4.51. The molecule has 0 fully saturated rings. The van der Waals surface area contributed by atoms with E-state index < -0.39 is 0 Å². The molecular weight excluding hydrogens is 238 g/mol. The zero-order chi connectivity index (χ0) is 13.9. The van der Waals surface area contributed by atoms with E-state index in [-0.39, 0.29) is 5.54 Å². The molecule has 5 nitrogen and oxygen atoms in total. The lowest BCUT2D eigenvalue weighted by molar-refractivity contribution is 0.430. The molecule has 0 aromatic carbocycles. The lowest BCUT2D eigenvalue weighted by Gasteiger charge is -2.24. The van der Waals surface area contributed by atoms with E-state index in [2.05, 4.69) is 45.9 Å². The molecular formula is C14H21N5. The number of aromatic nitrogens is 3. The third-order valence-corrected chi connectivity index (χ3v) is 2.81. The zero-order valence-corrected chi connectivity index (χ0v) is 12.0. The summed E-state index contributed by atoms with van der Waals surface area (Å²) in [6.07, 6.45) is 3.35. The molecule has 0 saturated carbocycles. The lowest BCUT2D eigenvalue weighted by atomic mass is 10.1. The van der Waals surface area contributed by atoms with E-state index in [1.54, 1.807) is 12.4 Å². The Bertz CT molecular complexity index is 547. The second kappa shape index (κ2) is 5.48. The molecule has 0 atom stereocenters. The van der Waals surface area contributed by atoms with Crippen LogP contribution >= 0.6 is 0 Å². The van der Waals surface area contributed by atoms with Gasteiger partial charge in [-0.1, -0.05) is 0 Å². The molecule has 0 unspecified atom stereocenters. The summed E-state index contributed by atoms with van der Waals surface area (Å²) in [6.45, 7) is 8.31. The van der Waals surface area contributed by atoms with E-state index in [1.165, 1.54) is 0 Å². The van der Waals surface area contributed by atoms with Gasteiger partial charge in [0.1, 0.15) is 11.3 Å². The number of anilines is 1. The van der Waals surface area contributed by atoms with Crippen molar-refractivity contribution in [3.63, 3.8) is 0 Å². The molecule has 0 spiro atoms. The number of nitrogens with zero attached hydrogens (tertiary/aromatic N) is 4. The van der Waals surface area contributed by atoms with Crippen LogP contribution in [0.1, 0.15) is 20.8 Å². The highest BCUT2D eigenvalue weighted by atomic mass is 15.2. The minimum atomic E-state index is 0.142. The van der Waals surface area contributed by atoms with Crippen molar-refractivity contribution in [2.45, 2.75) is 26.3 Å². The Kier molecular flexibility index (Phi) is 3.95. The van der Waals surface area contributed by atoms with Gasteiger partial charge in [0.05, 0.1) is 0 Å². The molecule has 0 radical (unpaired) electrons. The highest BCUT2D eigenvalue weighted by Crippen LogP contribution is 2.13. The van der Waals surface area contributed by atoms with Gasteiger partial charge in [0.2, 0.25) is 0 Å². The van der Waals surface area contributed by atoms with Gasteiger partial charge in [-0.15, -0.1) is 0 Å². The maximum Gasteiger partial charge on any atom is 0.180 e. The molecule has 2 rings (SSSR count). The third-order valence-electron chi connectivity index (χ3n) is 2.81. The van der Waals surface area contributed by atoms with Crippen LogP contribution < -0.4 is 10.2 Å². The molecule has 102 valence electrons. The highest BCUT2D eigenvalue weighted by molar-refractivity contribution is 5.71. The Labute approximate surface area is 114 Å². The molecule has 0 saturated heterocycles. The summed E-state index contributed by atoms with van der Waals surface area (Å²) in [4.78, 5) is 15.1. The Morgan fingerprint density at radius 2 is 1.89 bits per heavy atom. The predicted octanol–water partition coefficient (Wildman–Crippen LogP) is 1.85. The zero-order valence-electron chi connectivity index (χ0n) is 12.0. The fraction of sp³-hybridized carbons (Fsp3) is 0.500. The minimum absolute atomic E-state index is 0.142. The summed E-state index contributed by atoms with van der Waals surface area (Å²) < 4.78 is 0. The second-order valence-electron chi connectivity index (χ2n) is 5.67. The highest BCUT2D eigenvalue weighted by Gasteiger charge is 2.09. The molecule has 0 aliphatic heterocycles. The molecule has 19 heavy (non-hydrogen) atoms. The lowest BCUT2D eigenvalue weighted by Crippen LogP contribution is -2.40. The molecule has 2 aromatic heterocycles. The SMILES string of the molecule is CN(CCNC(C)(C)C)c1ccc2nccnc2n1. The van der Waals surface area contributed by atoms with Gasteiger partial charge in [-0.3, -0.25) is 4.98 Å². The van der Waals surface area contributed by atoms with E-state index >= 15 is 0 Å². The quantitative estimate of drug-likeness (QED) is 0.908. The van der Waals surface area contributed by atoms with E-state index in [0.717, 1.165) is 24.4 Å². The second-order valence-corrected chi connectivity index (χ2v) is 5.67. The van der Waals surface area contributed by atoms with Crippen molar-refractivity contribution < 1.29 is 0 Å². The summed E-state index contributed by atoms with van der Waals surface area (Å²) in [7, 11) is 2.04. The Hall–Kier alpha value is -1.75.